The highest BCUT2D eigenvalue weighted by atomic mass is 35.5. The Morgan fingerprint density at radius 3 is 2.29 bits per heavy atom. The topological polar surface area (TPSA) is 37.3 Å². The lowest BCUT2D eigenvalue weighted by Crippen LogP contribution is -1.94. The van der Waals surface area contributed by atoms with Crippen molar-refractivity contribution < 1.29 is 9.90 Å². The number of rotatable bonds is 3. The van der Waals surface area contributed by atoms with Crippen LogP contribution in [0.2, 0.25) is 5.02 Å². The fourth-order valence-corrected chi connectivity index (χ4v) is 2.41. The number of carboxylic acids is 1. The molecular weight excluding hydrogens is 256 g/mol. The standard InChI is InChI=1S/C13H9ClO2S/c14-11-3-1-2-4-12(11)17-10-7-5-9(6-8-10)13(15)16/h1-8H,(H,15,16). The van der Waals surface area contributed by atoms with Gasteiger partial charge in [0.25, 0.3) is 0 Å². The van der Waals surface area contributed by atoms with Gasteiger partial charge in [-0.05, 0) is 36.4 Å². The Morgan fingerprint density at radius 1 is 1.06 bits per heavy atom. The van der Waals surface area contributed by atoms with Gasteiger partial charge < -0.3 is 5.11 Å². The Labute approximate surface area is 108 Å². The molecule has 0 saturated carbocycles. The van der Waals surface area contributed by atoms with Crippen molar-refractivity contribution in [1.29, 1.82) is 0 Å². The molecule has 2 aromatic carbocycles. The van der Waals surface area contributed by atoms with Gasteiger partial charge in [-0.2, -0.15) is 0 Å². The van der Waals surface area contributed by atoms with Crippen LogP contribution in [-0.4, -0.2) is 11.1 Å². The van der Waals surface area contributed by atoms with Crippen molar-refractivity contribution in [2.45, 2.75) is 9.79 Å². The maximum Gasteiger partial charge on any atom is 0.335 e. The normalized spacial score (nSPS) is 10.2. The van der Waals surface area contributed by atoms with E-state index in [9.17, 15) is 4.79 Å². The van der Waals surface area contributed by atoms with Crippen LogP contribution in [0.5, 0.6) is 0 Å². The summed E-state index contributed by atoms with van der Waals surface area (Å²) in [5.41, 5.74) is 0.286. The van der Waals surface area contributed by atoms with E-state index in [4.69, 9.17) is 16.7 Å². The first-order valence-corrected chi connectivity index (χ1v) is 6.12. The average molecular weight is 265 g/mol. The minimum atomic E-state index is -0.917. The van der Waals surface area contributed by atoms with E-state index in [-0.39, 0.29) is 5.56 Å². The van der Waals surface area contributed by atoms with Crippen LogP contribution in [0.15, 0.2) is 58.3 Å². The van der Waals surface area contributed by atoms with Crippen LogP contribution in [0.4, 0.5) is 0 Å². The summed E-state index contributed by atoms with van der Waals surface area (Å²) in [6.07, 6.45) is 0. The molecule has 0 atom stereocenters. The van der Waals surface area contributed by atoms with E-state index in [0.29, 0.717) is 5.02 Å². The number of carboxylic acid groups (broad SMARTS) is 1. The Kier molecular flexibility index (Phi) is 3.71. The second-order valence-electron chi connectivity index (χ2n) is 3.36. The molecule has 0 unspecified atom stereocenters. The fraction of sp³-hybridized carbons (Fsp3) is 0. The molecule has 0 saturated heterocycles. The molecule has 0 fully saturated rings. The van der Waals surface area contributed by atoms with Crippen molar-refractivity contribution in [2.75, 3.05) is 0 Å². The number of carbonyl (C=O) groups is 1. The van der Waals surface area contributed by atoms with E-state index in [1.54, 1.807) is 24.3 Å². The molecule has 0 heterocycles. The van der Waals surface area contributed by atoms with E-state index in [2.05, 4.69) is 0 Å². The van der Waals surface area contributed by atoms with E-state index >= 15 is 0 Å². The molecule has 0 bridgehead atoms. The Hall–Kier alpha value is -1.45. The maximum absolute atomic E-state index is 10.7. The largest absolute Gasteiger partial charge is 0.478 e. The third kappa shape index (κ3) is 3.02. The lowest BCUT2D eigenvalue weighted by molar-refractivity contribution is 0.0697. The van der Waals surface area contributed by atoms with Gasteiger partial charge in [-0.1, -0.05) is 35.5 Å². The Bertz CT molecular complexity index is 537. The van der Waals surface area contributed by atoms with E-state index in [0.717, 1.165) is 9.79 Å². The number of aromatic carboxylic acids is 1. The van der Waals surface area contributed by atoms with Gasteiger partial charge in [-0.25, -0.2) is 4.79 Å². The van der Waals surface area contributed by atoms with Crippen molar-refractivity contribution in [2.24, 2.45) is 0 Å². The lowest BCUT2D eigenvalue weighted by atomic mass is 10.2. The minimum absolute atomic E-state index is 0.286. The smallest absolute Gasteiger partial charge is 0.335 e. The summed E-state index contributed by atoms with van der Waals surface area (Å²) in [5, 5.41) is 9.48. The predicted octanol–water partition coefficient (Wildman–Crippen LogP) is 4.19. The van der Waals surface area contributed by atoms with Gasteiger partial charge >= 0.3 is 5.97 Å². The number of benzene rings is 2. The SMILES string of the molecule is O=C(O)c1ccc(Sc2ccccc2Cl)cc1. The minimum Gasteiger partial charge on any atom is -0.478 e. The van der Waals surface area contributed by atoms with Gasteiger partial charge in [0, 0.05) is 9.79 Å². The average Bonchev–Trinajstić information content (AvgIpc) is 2.33. The molecular formula is C13H9ClO2S. The summed E-state index contributed by atoms with van der Waals surface area (Å²) in [4.78, 5) is 12.6. The number of halogens is 1. The van der Waals surface area contributed by atoms with Gasteiger partial charge in [0.15, 0.2) is 0 Å². The van der Waals surface area contributed by atoms with Crippen molar-refractivity contribution >= 4 is 29.3 Å². The molecule has 0 aliphatic heterocycles. The molecule has 2 aromatic rings. The Morgan fingerprint density at radius 2 is 1.71 bits per heavy atom. The van der Waals surface area contributed by atoms with Gasteiger partial charge in [-0.15, -0.1) is 0 Å². The molecule has 86 valence electrons. The lowest BCUT2D eigenvalue weighted by Gasteiger charge is -2.03. The summed E-state index contributed by atoms with van der Waals surface area (Å²) in [5.74, 6) is -0.917. The monoisotopic (exact) mass is 264 g/mol. The summed E-state index contributed by atoms with van der Waals surface area (Å²) in [7, 11) is 0. The molecule has 2 rings (SSSR count). The third-order valence-electron chi connectivity index (χ3n) is 2.17. The third-order valence-corrected chi connectivity index (χ3v) is 3.69. The summed E-state index contributed by atoms with van der Waals surface area (Å²) < 4.78 is 0. The summed E-state index contributed by atoms with van der Waals surface area (Å²) in [6.45, 7) is 0. The quantitative estimate of drug-likeness (QED) is 0.903. The first kappa shape index (κ1) is 12.0. The molecule has 0 amide bonds. The summed E-state index contributed by atoms with van der Waals surface area (Å²) >= 11 is 7.55. The maximum atomic E-state index is 10.7. The van der Waals surface area contributed by atoms with Crippen LogP contribution in [0.25, 0.3) is 0 Å². The first-order valence-electron chi connectivity index (χ1n) is 4.92. The highest BCUT2D eigenvalue weighted by Crippen LogP contribution is 2.32. The Balaban J connectivity index is 2.20. The zero-order valence-electron chi connectivity index (χ0n) is 8.76. The molecule has 0 aliphatic rings. The van der Waals surface area contributed by atoms with Crippen molar-refractivity contribution in [3.8, 4) is 0 Å². The zero-order valence-corrected chi connectivity index (χ0v) is 10.3. The molecule has 4 heteroatoms. The number of hydrogen-bond acceptors (Lipinski definition) is 2. The predicted molar refractivity (Wildman–Crippen MR) is 69.0 cm³/mol. The summed E-state index contributed by atoms with van der Waals surface area (Å²) in [6, 6.07) is 14.3. The molecule has 0 radical (unpaired) electrons. The van der Waals surface area contributed by atoms with Gasteiger partial charge in [0.05, 0.1) is 10.6 Å². The second-order valence-corrected chi connectivity index (χ2v) is 4.88. The van der Waals surface area contributed by atoms with Crippen LogP contribution < -0.4 is 0 Å². The van der Waals surface area contributed by atoms with Crippen molar-refractivity contribution in [1.82, 2.24) is 0 Å². The molecule has 1 N–H and O–H groups in total. The molecule has 0 aliphatic carbocycles. The zero-order chi connectivity index (χ0) is 12.3. The molecule has 0 aromatic heterocycles. The van der Waals surface area contributed by atoms with E-state index in [1.807, 2.05) is 24.3 Å². The van der Waals surface area contributed by atoms with E-state index in [1.165, 1.54) is 11.8 Å². The van der Waals surface area contributed by atoms with Crippen LogP contribution in [-0.2, 0) is 0 Å². The van der Waals surface area contributed by atoms with Crippen molar-refractivity contribution in [3.63, 3.8) is 0 Å². The van der Waals surface area contributed by atoms with Crippen LogP contribution in [0.1, 0.15) is 10.4 Å². The number of hydrogen-bond donors (Lipinski definition) is 1. The second kappa shape index (κ2) is 5.25. The molecule has 0 spiro atoms. The van der Waals surface area contributed by atoms with Crippen LogP contribution in [0.3, 0.4) is 0 Å². The highest BCUT2D eigenvalue weighted by molar-refractivity contribution is 7.99. The van der Waals surface area contributed by atoms with Crippen LogP contribution in [0, 0.1) is 0 Å². The van der Waals surface area contributed by atoms with Crippen LogP contribution >= 0.6 is 23.4 Å². The fourth-order valence-electron chi connectivity index (χ4n) is 1.32. The van der Waals surface area contributed by atoms with Crippen molar-refractivity contribution in [3.05, 3.63) is 59.1 Å². The van der Waals surface area contributed by atoms with Gasteiger partial charge in [-0.3, -0.25) is 0 Å². The van der Waals surface area contributed by atoms with E-state index < -0.39 is 5.97 Å². The first-order chi connectivity index (χ1) is 8.16. The molecule has 2 nitrogen and oxygen atoms in total. The van der Waals surface area contributed by atoms with Gasteiger partial charge in [0.2, 0.25) is 0 Å². The van der Waals surface area contributed by atoms with Gasteiger partial charge in [0.1, 0.15) is 0 Å². The highest BCUT2D eigenvalue weighted by Gasteiger charge is 2.04. The molecule has 17 heavy (non-hydrogen) atoms.